The standard InChI is InChI=1S/C39H24N4O6.2Na/c1-41-35-34(25-11-6-3-7-12-25)32(43(37(35)45)29-21-17-27(18-22-29)39(48)49)14-8-13-31-33(24-9-4-2-5-10-24)30(23-40)36(44)42(31)28-19-15-26(16-20-28)38(46)47;;/h2-22,44H,(H,46,47)(H,48,49);;/q;2*+1/p-3/b13-8+,32-14+;;. The van der Waals surface area contributed by atoms with E-state index in [9.17, 15) is 35.0 Å². The first kappa shape index (κ1) is 38.4. The molecule has 12 heteroatoms. The largest absolute Gasteiger partial charge is 1.00 e. The predicted molar refractivity (Wildman–Crippen MR) is 175 cm³/mol. The summed E-state index contributed by atoms with van der Waals surface area (Å²) >= 11 is 0. The van der Waals surface area contributed by atoms with E-state index in [1.54, 1.807) is 78.9 Å². The van der Waals surface area contributed by atoms with E-state index in [-0.39, 0.29) is 81.5 Å². The van der Waals surface area contributed by atoms with Crippen LogP contribution in [-0.4, -0.2) is 22.4 Å². The Kier molecular flexibility index (Phi) is 12.4. The van der Waals surface area contributed by atoms with Gasteiger partial charge in [0.05, 0.1) is 29.8 Å². The third-order valence-corrected chi connectivity index (χ3v) is 7.88. The van der Waals surface area contributed by atoms with Crippen LogP contribution in [0.1, 0.15) is 37.5 Å². The van der Waals surface area contributed by atoms with Crippen molar-refractivity contribution in [1.29, 1.82) is 5.26 Å². The van der Waals surface area contributed by atoms with E-state index in [4.69, 9.17) is 6.57 Å². The van der Waals surface area contributed by atoms with E-state index in [1.165, 1.54) is 58.0 Å². The van der Waals surface area contributed by atoms with Crippen molar-refractivity contribution in [3.05, 3.63) is 172 Å². The van der Waals surface area contributed by atoms with Crippen LogP contribution in [0.3, 0.4) is 0 Å². The fourth-order valence-corrected chi connectivity index (χ4v) is 5.67. The molecule has 10 nitrogen and oxygen atoms in total. The van der Waals surface area contributed by atoms with Gasteiger partial charge in [-0.3, -0.25) is 9.69 Å². The molecule has 236 valence electrons. The number of aromatic carboxylic acids is 2. The molecule has 0 aliphatic carbocycles. The molecule has 0 saturated carbocycles. The van der Waals surface area contributed by atoms with Gasteiger partial charge in [-0.05, 0) is 64.6 Å². The molecule has 0 saturated heterocycles. The molecule has 0 spiro atoms. The van der Waals surface area contributed by atoms with Crippen molar-refractivity contribution in [2.24, 2.45) is 0 Å². The summed E-state index contributed by atoms with van der Waals surface area (Å²) in [6.45, 7) is 7.87. The van der Waals surface area contributed by atoms with Crippen LogP contribution in [0.15, 0.2) is 133 Å². The zero-order chi connectivity index (χ0) is 34.7. The summed E-state index contributed by atoms with van der Waals surface area (Å²) < 4.78 is 1.30. The minimum Gasteiger partial charge on any atom is -0.859 e. The first-order valence-electron chi connectivity index (χ1n) is 14.7. The Balaban J connectivity index is 0.00000292. The molecule has 0 fully saturated rings. The Morgan fingerprint density at radius 1 is 0.765 bits per heavy atom. The van der Waals surface area contributed by atoms with Gasteiger partial charge < -0.3 is 29.5 Å². The number of carboxylic acid groups (broad SMARTS) is 2. The minimum absolute atomic E-state index is 0. The molecule has 0 N–H and O–H groups in total. The van der Waals surface area contributed by atoms with Gasteiger partial charge in [0.15, 0.2) is 0 Å². The average Bonchev–Trinajstić information content (AvgIpc) is 3.57. The summed E-state index contributed by atoms with van der Waals surface area (Å²) in [6, 6.07) is 30.6. The molecule has 1 amide bonds. The second kappa shape index (κ2) is 16.5. The van der Waals surface area contributed by atoms with E-state index in [0.29, 0.717) is 45.0 Å². The van der Waals surface area contributed by atoms with Gasteiger partial charge in [0.2, 0.25) is 0 Å². The van der Waals surface area contributed by atoms with Gasteiger partial charge in [-0.1, -0.05) is 91.0 Å². The summed E-state index contributed by atoms with van der Waals surface area (Å²) in [4.78, 5) is 41.4. The van der Waals surface area contributed by atoms with Gasteiger partial charge in [-0.2, -0.15) is 5.26 Å². The summed E-state index contributed by atoms with van der Waals surface area (Å²) in [5, 5.41) is 46.7. The van der Waals surface area contributed by atoms with Gasteiger partial charge in [0, 0.05) is 28.2 Å². The quantitative estimate of drug-likeness (QED) is 0.136. The molecule has 51 heavy (non-hydrogen) atoms. The summed E-state index contributed by atoms with van der Waals surface area (Å²) in [5.41, 5.74) is 2.59. The van der Waals surface area contributed by atoms with Gasteiger partial charge in [-0.25, -0.2) is 4.85 Å². The Morgan fingerprint density at radius 2 is 1.27 bits per heavy atom. The number of aromatic nitrogens is 1. The third kappa shape index (κ3) is 7.39. The van der Waals surface area contributed by atoms with E-state index in [2.05, 4.69) is 4.85 Å². The summed E-state index contributed by atoms with van der Waals surface area (Å²) in [7, 11) is 0. The number of anilines is 1. The smallest absolute Gasteiger partial charge is 0.859 e. The Morgan fingerprint density at radius 3 is 1.76 bits per heavy atom. The van der Waals surface area contributed by atoms with Crippen LogP contribution >= 0.6 is 0 Å². The molecule has 5 aromatic rings. The van der Waals surface area contributed by atoms with Crippen LogP contribution in [0.4, 0.5) is 5.69 Å². The number of hydrogen-bond acceptors (Lipinski definition) is 7. The first-order chi connectivity index (χ1) is 23.7. The van der Waals surface area contributed by atoms with Crippen molar-refractivity contribution in [1.82, 2.24) is 4.57 Å². The number of rotatable bonds is 8. The van der Waals surface area contributed by atoms with Crippen LogP contribution in [0, 0.1) is 17.9 Å². The average molecular weight is 688 g/mol. The normalized spacial score (nSPS) is 13.0. The van der Waals surface area contributed by atoms with Gasteiger partial charge in [-0.15, -0.1) is 0 Å². The Labute approximate surface area is 336 Å². The second-order valence-corrected chi connectivity index (χ2v) is 10.7. The minimum atomic E-state index is -1.39. The molecule has 2 heterocycles. The van der Waals surface area contributed by atoms with Gasteiger partial charge in [0.25, 0.3) is 11.6 Å². The maximum atomic E-state index is 13.8. The molecule has 0 unspecified atom stereocenters. The van der Waals surface area contributed by atoms with Crippen LogP contribution in [-0.2, 0) is 4.79 Å². The van der Waals surface area contributed by atoms with Crippen LogP contribution in [0.2, 0.25) is 0 Å². The zero-order valence-corrected chi connectivity index (χ0v) is 31.4. The molecule has 0 radical (unpaired) electrons. The monoisotopic (exact) mass is 687 g/mol. The third-order valence-electron chi connectivity index (χ3n) is 7.88. The summed E-state index contributed by atoms with van der Waals surface area (Å²) in [5.74, 6) is -4.02. The number of nitrogens with zero attached hydrogens (tertiary/aromatic N) is 4. The molecule has 1 aromatic heterocycles. The molecule has 0 bridgehead atoms. The Hall–Kier alpha value is -5.43. The molecular formula is C39H21N4Na2O6-. The maximum Gasteiger partial charge on any atom is 1.00 e. The fourth-order valence-electron chi connectivity index (χ4n) is 5.67. The van der Waals surface area contributed by atoms with E-state index >= 15 is 0 Å². The number of carbonyl (C=O) groups is 3. The van der Waals surface area contributed by atoms with Crippen molar-refractivity contribution in [3.8, 4) is 28.8 Å². The molecule has 1 aliphatic rings. The van der Waals surface area contributed by atoms with Crippen molar-refractivity contribution in [2.75, 3.05) is 4.90 Å². The Bertz CT molecular complexity index is 2320. The fraction of sp³-hybridized carbons (Fsp3) is 0. The molecular weight excluding hydrogens is 666 g/mol. The number of carboxylic acids is 2. The topological polar surface area (TPSA) is 157 Å². The number of amides is 1. The molecule has 1 aliphatic heterocycles. The van der Waals surface area contributed by atoms with Gasteiger partial charge >= 0.3 is 59.1 Å². The van der Waals surface area contributed by atoms with Crippen LogP contribution in [0.25, 0.3) is 33.3 Å². The van der Waals surface area contributed by atoms with E-state index in [0.717, 1.165) is 0 Å². The number of allylic oxidation sites excluding steroid dienone is 3. The van der Waals surface area contributed by atoms with Crippen molar-refractivity contribution >= 4 is 35.2 Å². The first-order valence-corrected chi connectivity index (χ1v) is 14.7. The van der Waals surface area contributed by atoms with Crippen LogP contribution in [0.5, 0.6) is 5.88 Å². The van der Waals surface area contributed by atoms with Crippen molar-refractivity contribution in [2.45, 2.75) is 0 Å². The number of nitriles is 1. The SMILES string of the molecule is [C-]#[N+]C1=C(c2ccccc2)/C(=C\C=C\c2c(-c3ccccc3)c(C#N)c([O-])n2-c2ccc(C(=O)[O-])cc2)N(c2ccc(C(=O)[O-])cc2)C1=O.[Na+].[Na+]. The van der Waals surface area contributed by atoms with Gasteiger partial charge in [0.1, 0.15) is 6.07 Å². The van der Waals surface area contributed by atoms with E-state index in [1.807, 2.05) is 6.07 Å². The van der Waals surface area contributed by atoms with Crippen molar-refractivity contribution < 1.29 is 88.8 Å². The number of hydrogen-bond donors (Lipinski definition) is 0. The maximum absolute atomic E-state index is 13.8. The van der Waals surface area contributed by atoms with E-state index < -0.39 is 23.7 Å². The zero-order valence-electron chi connectivity index (χ0n) is 27.4. The summed E-state index contributed by atoms with van der Waals surface area (Å²) in [6.07, 6.45) is 4.76. The predicted octanol–water partition coefficient (Wildman–Crippen LogP) is -1.90. The number of carbonyl (C=O) groups excluding carboxylic acids is 3. The molecule has 6 rings (SSSR count). The molecule has 4 aromatic carbocycles. The second-order valence-electron chi connectivity index (χ2n) is 10.7. The molecule has 0 atom stereocenters. The number of benzene rings is 4. The van der Waals surface area contributed by atoms with Crippen LogP contribution < -0.4 is 79.3 Å². The van der Waals surface area contributed by atoms with Crippen molar-refractivity contribution in [3.63, 3.8) is 0 Å².